The van der Waals surface area contributed by atoms with Crippen molar-refractivity contribution in [2.45, 2.75) is 0 Å². The summed E-state index contributed by atoms with van der Waals surface area (Å²) >= 11 is 5.54. The summed E-state index contributed by atoms with van der Waals surface area (Å²) in [5.41, 5.74) is 0.765. The minimum absolute atomic E-state index is 0.0190. The van der Waals surface area contributed by atoms with Gasteiger partial charge in [0.25, 0.3) is 5.91 Å². The lowest BCUT2D eigenvalue weighted by Crippen LogP contribution is -2.13. The van der Waals surface area contributed by atoms with Gasteiger partial charge < -0.3 is 5.32 Å². The number of hydrogen-bond donors (Lipinski definition) is 1. The van der Waals surface area contributed by atoms with Crippen LogP contribution in [0.4, 0.5) is 10.1 Å². The van der Waals surface area contributed by atoms with Crippen molar-refractivity contribution in [1.82, 2.24) is 4.98 Å². The second kappa shape index (κ2) is 5.46. The monoisotopic (exact) mass is 275 g/mol. The standard InChI is InChI=1S/C13H7ClFN3O/c14-10-3-2-9(5-11(10)15)18-13(19)12-4-1-8(6-16)7-17-12/h1-5,7H,(H,18,19). The SMILES string of the molecule is N#Cc1ccc(C(=O)Nc2ccc(Cl)c(F)c2)nc1. The molecule has 6 heteroatoms. The van der Waals surface area contributed by atoms with Crippen LogP contribution in [0.15, 0.2) is 36.5 Å². The molecule has 0 aliphatic heterocycles. The maximum Gasteiger partial charge on any atom is 0.274 e. The molecular formula is C13H7ClFN3O. The molecule has 0 bridgehead atoms. The molecule has 1 amide bonds. The molecule has 19 heavy (non-hydrogen) atoms. The Bertz CT molecular complexity index is 665. The summed E-state index contributed by atoms with van der Waals surface area (Å²) in [6, 6.07) is 8.73. The number of nitriles is 1. The van der Waals surface area contributed by atoms with Crippen LogP contribution in [0.25, 0.3) is 0 Å². The number of carbonyl (C=O) groups is 1. The number of carbonyl (C=O) groups excluding carboxylic acids is 1. The van der Waals surface area contributed by atoms with E-state index in [1.807, 2.05) is 6.07 Å². The normalized spacial score (nSPS) is 9.74. The number of anilines is 1. The van der Waals surface area contributed by atoms with Crippen molar-refractivity contribution in [2.75, 3.05) is 5.32 Å². The van der Waals surface area contributed by atoms with Crippen LogP contribution in [0.2, 0.25) is 5.02 Å². The zero-order chi connectivity index (χ0) is 13.8. The van der Waals surface area contributed by atoms with E-state index in [2.05, 4.69) is 10.3 Å². The average molecular weight is 276 g/mol. The fourth-order valence-corrected chi connectivity index (χ4v) is 1.48. The Morgan fingerprint density at radius 1 is 1.37 bits per heavy atom. The molecule has 1 aromatic carbocycles. The van der Waals surface area contributed by atoms with Crippen LogP contribution < -0.4 is 5.32 Å². The molecule has 1 heterocycles. The van der Waals surface area contributed by atoms with Gasteiger partial charge in [0.05, 0.1) is 10.6 Å². The summed E-state index contributed by atoms with van der Waals surface area (Å²) < 4.78 is 13.2. The molecule has 0 aliphatic rings. The van der Waals surface area contributed by atoms with E-state index in [1.54, 1.807) is 0 Å². The Morgan fingerprint density at radius 3 is 2.74 bits per heavy atom. The summed E-state index contributed by atoms with van der Waals surface area (Å²) in [5, 5.41) is 11.1. The molecule has 1 aromatic heterocycles. The summed E-state index contributed by atoms with van der Waals surface area (Å²) in [4.78, 5) is 15.6. The Hall–Kier alpha value is -2.45. The number of amides is 1. The number of nitrogens with one attached hydrogen (secondary N) is 1. The van der Waals surface area contributed by atoms with E-state index in [1.165, 1.54) is 30.5 Å². The molecular weight excluding hydrogens is 269 g/mol. The molecule has 0 saturated heterocycles. The number of pyridine rings is 1. The molecule has 0 saturated carbocycles. The Kier molecular flexibility index (Phi) is 3.74. The first-order valence-corrected chi connectivity index (χ1v) is 5.60. The van der Waals surface area contributed by atoms with Gasteiger partial charge in [0, 0.05) is 11.9 Å². The van der Waals surface area contributed by atoms with Gasteiger partial charge in [-0.3, -0.25) is 4.79 Å². The Morgan fingerprint density at radius 2 is 2.16 bits per heavy atom. The maximum absolute atomic E-state index is 13.2. The lowest BCUT2D eigenvalue weighted by atomic mass is 10.2. The van der Waals surface area contributed by atoms with E-state index in [4.69, 9.17) is 16.9 Å². The van der Waals surface area contributed by atoms with Crippen molar-refractivity contribution >= 4 is 23.2 Å². The topological polar surface area (TPSA) is 65.8 Å². The quantitative estimate of drug-likeness (QED) is 0.916. The van der Waals surface area contributed by atoms with E-state index in [0.717, 1.165) is 6.07 Å². The Balaban J connectivity index is 2.16. The highest BCUT2D eigenvalue weighted by Gasteiger charge is 2.09. The van der Waals surface area contributed by atoms with Crippen LogP contribution in [0.5, 0.6) is 0 Å². The maximum atomic E-state index is 13.2. The van der Waals surface area contributed by atoms with Crippen molar-refractivity contribution in [3.05, 3.63) is 58.6 Å². The van der Waals surface area contributed by atoms with Gasteiger partial charge in [-0.25, -0.2) is 9.37 Å². The van der Waals surface area contributed by atoms with Gasteiger partial charge in [-0.2, -0.15) is 5.26 Å². The van der Waals surface area contributed by atoms with Crippen molar-refractivity contribution in [3.8, 4) is 6.07 Å². The van der Waals surface area contributed by atoms with Gasteiger partial charge in [-0.05, 0) is 30.3 Å². The number of aromatic nitrogens is 1. The van der Waals surface area contributed by atoms with Gasteiger partial charge in [0.2, 0.25) is 0 Å². The highest BCUT2D eigenvalue weighted by molar-refractivity contribution is 6.30. The third-order valence-corrected chi connectivity index (χ3v) is 2.61. The van der Waals surface area contributed by atoms with E-state index in [9.17, 15) is 9.18 Å². The van der Waals surface area contributed by atoms with Crippen molar-refractivity contribution in [3.63, 3.8) is 0 Å². The van der Waals surface area contributed by atoms with Crippen LogP contribution in [-0.4, -0.2) is 10.9 Å². The second-order valence-electron chi connectivity index (χ2n) is 3.63. The zero-order valence-corrected chi connectivity index (χ0v) is 10.3. The van der Waals surface area contributed by atoms with Gasteiger partial charge in [0.1, 0.15) is 17.6 Å². The molecule has 0 radical (unpaired) electrons. The molecule has 94 valence electrons. The Labute approximate surface area is 113 Å². The summed E-state index contributed by atoms with van der Waals surface area (Å²) in [7, 11) is 0. The van der Waals surface area contributed by atoms with E-state index in [0.29, 0.717) is 5.56 Å². The van der Waals surface area contributed by atoms with Crippen LogP contribution in [-0.2, 0) is 0 Å². The fourth-order valence-electron chi connectivity index (χ4n) is 1.36. The van der Waals surface area contributed by atoms with Gasteiger partial charge in [-0.1, -0.05) is 11.6 Å². The van der Waals surface area contributed by atoms with Crippen LogP contribution in [0.3, 0.4) is 0 Å². The summed E-state index contributed by atoms with van der Waals surface area (Å²) in [6.45, 7) is 0. The number of rotatable bonds is 2. The number of nitrogens with zero attached hydrogens (tertiary/aromatic N) is 2. The minimum atomic E-state index is -0.618. The molecule has 2 rings (SSSR count). The highest BCUT2D eigenvalue weighted by Crippen LogP contribution is 2.19. The third-order valence-electron chi connectivity index (χ3n) is 2.30. The van der Waals surface area contributed by atoms with Crippen molar-refractivity contribution in [1.29, 1.82) is 5.26 Å². The predicted octanol–water partition coefficient (Wildman–Crippen LogP) is 3.00. The average Bonchev–Trinajstić information content (AvgIpc) is 2.43. The van der Waals surface area contributed by atoms with Gasteiger partial charge in [-0.15, -0.1) is 0 Å². The first-order chi connectivity index (χ1) is 9.10. The highest BCUT2D eigenvalue weighted by atomic mass is 35.5. The molecule has 4 nitrogen and oxygen atoms in total. The first-order valence-electron chi connectivity index (χ1n) is 5.22. The van der Waals surface area contributed by atoms with E-state index < -0.39 is 11.7 Å². The van der Waals surface area contributed by atoms with Crippen LogP contribution >= 0.6 is 11.6 Å². The largest absolute Gasteiger partial charge is 0.321 e. The van der Waals surface area contributed by atoms with Crippen molar-refractivity contribution in [2.24, 2.45) is 0 Å². The van der Waals surface area contributed by atoms with E-state index >= 15 is 0 Å². The second-order valence-corrected chi connectivity index (χ2v) is 4.03. The molecule has 0 unspecified atom stereocenters. The van der Waals surface area contributed by atoms with Crippen molar-refractivity contribution < 1.29 is 9.18 Å². The minimum Gasteiger partial charge on any atom is -0.321 e. The predicted molar refractivity (Wildman–Crippen MR) is 68.3 cm³/mol. The van der Waals surface area contributed by atoms with Crippen LogP contribution in [0.1, 0.15) is 16.1 Å². The van der Waals surface area contributed by atoms with Crippen LogP contribution in [0, 0.1) is 17.1 Å². The van der Waals surface area contributed by atoms with E-state index in [-0.39, 0.29) is 16.4 Å². The number of benzene rings is 1. The zero-order valence-electron chi connectivity index (χ0n) is 9.52. The first kappa shape index (κ1) is 13.0. The summed E-state index contributed by atoms with van der Waals surface area (Å²) in [5.74, 6) is -1.11. The molecule has 1 N–H and O–H groups in total. The number of hydrogen-bond acceptors (Lipinski definition) is 3. The third kappa shape index (κ3) is 3.06. The smallest absolute Gasteiger partial charge is 0.274 e. The molecule has 0 fully saturated rings. The lowest BCUT2D eigenvalue weighted by Gasteiger charge is -2.05. The fraction of sp³-hybridized carbons (Fsp3) is 0. The summed E-state index contributed by atoms with van der Waals surface area (Å²) in [6.07, 6.45) is 1.29. The molecule has 0 aliphatic carbocycles. The molecule has 2 aromatic rings. The molecule has 0 atom stereocenters. The van der Waals surface area contributed by atoms with Gasteiger partial charge in [0.15, 0.2) is 0 Å². The number of halogens is 2. The molecule has 0 spiro atoms. The van der Waals surface area contributed by atoms with Gasteiger partial charge >= 0.3 is 0 Å². The lowest BCUT2D eigenvalue weighted by molar-refractivity contribution is 0.102.